The van der Waals surface area contributed by atoms with E-state index in [1.165, 1.54) is 35.1 Å². The van der Waals surface area contributed by atoms with Crippen molar-refractivity contribution in [1.29, 1.82) is 0 Å². The molecule has 2 aromatic rings. The maximum atomic E-state index is 11.7. The quantitative estimate of drug-likeness (QED) is 0.799. The van der Waals surface area contributed by atoms with Gasteiger partial charge in [-0.3, -0.25) is 9.69 Å². The first-order chi connectivity index (χ1) is 14.2. The van der Waals surface area contributed by atoms with E-state index < -0.39 is 0 Å². The molecule has 5 rings (SSSR count). The summed E-state index contributed by atoms with van der Waals surface area (Å²) in [4.78, 5) is 16.2. The van der Waals surface area contributed by atoms with Crippen molar-refractivity contribution in [3.63, 3.8) is 0 Å². The average Bonchev–Trinajstić information content (AvgIpc) is 3.21. The summed E-state index contributed by atoms with van der Waals surface area (Å²) >= 11 is 0. The molecule has 152 valence electrons. The molecule has 1 fully saturated rings. The molecule has 0 aliphatic carbocycles. The molecule has 0 N–H and O–H groups in total. The van der Waals surface area contributed by atoms with Crippen LogP contribution in [0.1, 0.15) is 48.1 Å². The predicted octanol–water partition coefficient (Wildman–Crippen LogP) is 3.70. The van der Waals surface area contributed by atoms with Crippen LogP contribution in [0.3, 0.4) is 0 Å². The summed E-state index contributed by atoms with van der Waals surface area (Å²) in [6.45, 7) is 6.57. The first-order valence-corrected chi connectivity index (χ1v) is 10.7. The summed E-state index contributed by atoms with van der Waals surface area (Å²) in [6.07, 6.45) is 3.35. The minimum Gasteiger partial charge on any atom is -0.486 e. The standard InChI is InChI=1S/C24H28N2O3/c1-17(27)25-10-8-19-13-18(4-5-21(19)16-25)15-26-9-2-3-22(26)20-6-7-23-24(14-20)29-12-11-28-23/h4-7,13-14,22H,2-3,8-12,15-16H2,1H3/t22-/m1/s1. The molecule has 3 aliphatic rings. The second kappa shape index (κ2) is 7.71. The van der Waals surface area contributed by atoms with Crippen LogP contribution in [0, 0.1) is 0 Å². The van der Waals surface area contributed by atoms with Crippen molar-refractivity contribution in [3.8, 4) is 11.5 Å². The van der Waals surface area contributed by atoms with Gasteiger partial charge >= 0.3 is 0 Å². The number of amides is 1. The zero-order chi connectivity index (χ0) is 19.8. The molecule has 1 saturated heterocycles. The van der Waals surface area contributed by atoms with Gasteiger partial charge in [-0.25, -0.2) is 0 Å². The van der Waals surface area contributed by atoms with Crippen LogP contribution in [-0.4, -0.2) is 42.0 Å². The minimum absolute atomic E-state index is 0.166. The summed E-state index contributed by atoms with van der Waals surface area (Å²) in [5.74, 6) is 1.90. The molecule has 0 spiro atoms. The van der Waals surface area contributed by atoms with E-state index in [0.29, 0.717) is 19.3 Å². The SMILES string of the molecule is CC(=O)N1CCc2cc(CN3CCC[C@@H]3c3ccc4c(c3)OCCO4)ccc2C1. The van der Waals surface area contributed by atoms with Crippen molar-refractivity contribution in [2.45, 2.75) is 45.3 Å². The number of carbonyl (C=O) groups is 1. The molecule has 2 aromatic carbocycles. The molecule has 3 heterocycles. The number of hydrogen-bond donors (Lipinski definition) is 0. The van der Waals surface area contributed by atoms with Gasteiger partial charge < -0.3 is 14.4 Å². The van der Waals surface area contributed by atoms with Crippen molar-refractivity contribution in [2.24, 2.45) is 0 Å². The number of likely N-dealkylation sites (tertiary alicyclic amines) is 1. The highest BCUT2D eigenvalue weighted by Crippen LogP contribution is 2.38. The van der Waals surface area contributed by atoms with Gasteiger partial charge in [-0.15, -0.1) is 0 Å². The summed E-state index contributed by atoms with van der Waals surface area (Å²) in [5.41, 5.74) is 5.38. The zero-order valence-corrected chi connectivity index (χ0v) is 17.0. The number of nitrogens with zero attached hydrogens (tertiary/aromatic N) is 2. The Labute approximate surface area is 172 Å². The molecule has 5 nitrogen and oxygen atoms in total. The van der Waals surface area contributed by atoms with Crippen molar-refractivity contribution in [3.05, 3.63) is 58.7 Å². The molecule has 0 bridgehead atoms. The third-order valence-electron chi connectivity index (χ3n) is 6.43. The molecule has 1 atom stereocenters. The molecular weight excluding hydrogens is 364 g/mol. The lowest BCUT2D eigenvalue weighted by Gasteiger charge is -2.29. The van der Waals surface area contributed by atoms with Crippen LogP contribution in [-0.2, 0) is 24.3 Å². The third-order valence-corrected chi connectivity index (χ3v) is 6.43. The van der Waals surface area contributed by atoms with Gasteiger partial charge in [-0.2, -0.15) is 0 Å². The van der Waals surface area contributed by atoms with Crippen LogP contribution < -0.4 is 9.47 Å². The van der Waals surface area contributed by atoms with Crippen LogP contribution in [0.15, 0.2) is 36.4 Å². The van der Waals surface area contributed by atoms with Gasteiger partial charge in [0.1, 0.15) is 13.2 Å². The van der Waals surface area contributed by atoms with Crippen molar-refractivity contribution < 1.29 is 14.3 Å². The van der Waals surface area contributed by atoms with Crippen LogP contribution in [0.5, 0.6) is 11.5 Å². The van der Waals surface area contributed by atoms with Gasteiger partial charge in [0.2, 0.25) is 5.91 Å². The second-order valence-electron chi connectivity index (χ2n) is 8.33. The Morgan fingerprint density at radius 1 is 1.03 bits per heavy atom. The Balaban J connectivity index is 1.32. The fourth-order valence-corrected chi connectivity index (χ4v) is 4.87. The van der Waals surface area contributed by atoms with E-state index >= 15 is 0 Å². The fraction of sp³-hybridized carbons (Fsp3) is 0.458. The van der Waals surface area contributed by atoms with E-state index in [1.54, 1.807) is 6.92 Å². The number of hydrogen-bond acceptors (Lipinski definition) is 4. The van der Waals surface area contributed by atoms with Gasteiger partial charge in [0.05, 0.1) is 0 Å². The van der Waals surface area contributed by atoms with E-state index in [9.17, 15) is 4.79 Å². The molecule has 1 amide bonds. The smallest absolute Gasteiger partial charge is 0.219 e. The second-order valence-corrected chi connectivity index (χ2v) is 8.33. The highest BCUT2D eigenvalue weighted by Gasteiger charge is 2.28. The van der Waals surface area contributed by atoms with Crippen molar-refractivity contribution in [2.75, 3.05) is 26.3 Å². The van der Waals surface area contributed by atoms with E-state index in [2.05, 4.69) is 41.3 Å². The summed E-state index contributed by atoms with van der Waals surface area (Å²) in [7, 11) is 0. The van der Waals surface area contributed by atoms with Crippen molar-refractivity contribution in [1.82, 2.24) is 9.80 Å². The molecule has 3 aliphatic heterocycles. The van der Waals surface area contributed by atoms with E-state index in [0.717, 1.165) is 44.1 Å². The average molecular weight is 392 g/mol. The molecule has 0 saturated carbocycles. The highest BCUT2D eigenvalue weighted by atomic mass is 16.6. The van der Waals surface area contributed by atoms with E-state index in [4.69, 9.17) is 9.47 Å². The summed E-state index contributed by atoms with van der Waals surface area (Å²) in [5, 5.41) is 0. The lowest BCUT2D eigenvalue weighted by atomic mass is 9.96. The molecule has 0 aromatic heterocycles. The van der Waals surface area contributed by atoms with Gasteiger partial charge in [0.25, 0.3) is 0 Å². The first-order valence-electron chi connectivity index (χ1n) is 10.7. The van der Waals surface area contributed by atoms with Crippen LogP contribution in [0.25, 0.3) is 0 Å². The minimum atomic E-state index is 0.166. The predicted molar refractivity (Wildman–Crippen MR) is 111 cm³/mol. The maximum Gasteiger partial charge on any atom is 0.219 e. The van der Waals surface area contributed by atoms with Crippen LogP contribution in [0.4, 0.5) is 0 Å². The highest BCUT2D eigenvalue weighted by molar-refractivity contribution is 5.73. The van der Waals surface area contributed by atoms with Crippen LogP contribution in [0.2, 0.25) is 0 Å². The Bertz CT molecular complexity index is 926. The van der Waals surface area contributed by atoms with E-state index in [-0.39, 0.29) is 5.91 Å². The zero-order valence-electron chi connectivity index (χ0n) is 17.0. The normalized spacial score (nSPS) is 21.1. The Morgan fingerprint density at radius 3 is 2.76 bits per heavy atom. The lowest BCUT2D eigenvalue weighted by molar-refractivity contribution is -0.129. The lowest BCUT2D eigenvalue weighted by Crippen LogP contribution is -2.34. The molecule has 0 radical (unpaired) electrons. The first kappa shape index (κ1) is 18.5. The molecule has 0 unspecified atom stereocenters. The summed E-state index contributed by atoms with van der Waals surface area (Å²) in [6, 6.07) is 13.7. The Hall–Kier alpha value is -2.53. The number of ether oxygens (including phenoxy) is 2. The molecular formula is C24H28N2O3. The van der Waals surface area contributed by atoms with Gasteiger partial charge in [-0.1, -0.05) is 24.3 Å². The van der Waals surface area contributed by atoms with Crippen LogP contribution >= 0.6 is 0 Å². The fourth-order valence-electron chi connectivity index (χ4n) is 4.87. The number of carbonyl (C=O) groups excluding carboxylic acids is 1. The van der Waals surface area contributed by atoms with Gasteiger partial charge in [-0.05, 0) is 60.2 Å². The number of benzene rings is 2. The number of fused-ring (bicyclic) bond motifs is 2. The summed E-state index contributed by atoms with van der Waals surface area (Å²) < 4.78 is 11.5. The Morgan fingerprint density at radius 2 is 1.90 bits per heavy atom. The third kappa shape index (κ3) is 3.71. The Kier molecular flexibility index (Phi) is 4.92. The number of rotatable bonds is 3. The molecule has 5 heteroatoms. The molecule has 29 heavy (non-hydrogen) atoms. The topological polar surface area (TPSA) is 42.0 Å². The van der Waals surface area contributed by atoms with Gasteiger partial charge in [0.15, 0.2) is 11.5 Å². The largest absolute Gasteiger partial charge is 0.486 e. The monoisotopic (exact) mass is 392 g/mol. The van der Waals surface area contributed by atoms with Crippen molar-refractivity contribution >= 4 is 5.91 Å². The van der Waals surface area contributed by atoms with E-state index in [1.807, 2.05) is 4.90 Å². The van der Waals surface area contributed by atoms with Gasteiger partial charge in [0, 0.05) is 32.6 Å². The maximum absolute atomic E-state index is 11.7.